The van der Waals surface area contributed by atoms with E-state index in [-0.39, 0.29) is 0 Å². The maximum atomic E-state index is 4.38. The molecule has 2 atom stereocenters. The predicted molar refractivity (Wildman–Crippen MR) is 65.0 cm³/mol. The van der Waals surface area contributed by atoms with Crippen LogP contribution in [0.1, 0.15) is 44.2 Å². The lowest BCUT2D eigenvalue weighted by Crippen LogP contribution is -2.33. The molecule has 0 radical (unpaired) electrons. The molecule has 0 saturated carbocycles. The van der Waals surface area contributed by atoms with Gasteiger partial charge in [0.25, 0.3) is 0 Å². The van der Waals surface area contributed by atoms with Gasteiger partial charge in [0.15, 0.2) is 0 Å². The highest BCUT2D eigenvalue weighted by atomic mass is 32.2. The van der Waals surface area contributed by atoms with Gasteiger partial charge in [0, 0.05) is 23.8 Å². The van der Waals surface area contributed by atoms with Gasteiger partial charge in [-0.15, -0.1) is 11.8 Å². The Morgan fingerprint density at radius 3 is 3.00 bits per heavy atom. The van der Waals surface area contributed by atoms with E-state index in [9.17, 15) is 0 Å². The van der Waals surface area contributed by atoms with Gasteiger partial charge in [-0.3, -0.25) is 10.00 Å². The number of aromatic nitrogens is 2. The molecule has 1 fully saturated rings. The summed E-state index contributed by atoms with van der Waals surface area (Å²) < 4.78 is 2.02. The summed E-state index contributed by atoms with van der Waals surface area (Å²) in [7, 11) is 0. The molecular formula is C11H19N3S. The number of hydrogen-bond acceptors (Lipinski definition) is 3. The minimum atomic E-state index is 0.432. The van der Waals surface area contributed by atoms with E-state index >= 15 is 0 Å². The van der Waals surface area contributed by atoms with E-state index in [0.717, 1.165) is 0 Å². The van der Waals surface area contributed by atoms with Crippen molar-refractivity contribution in [3.05, 3.63) is 18.0 Å². The van der Waals surface area contributed by atoms with Gasteiger partial charge < -0.3 is 0 Å². The van der Waals surface area contributed by atoms with E-state index in [2.05, 4.69) is 37.4 Å². The lowest BCUT2D eigenvalue weighted by Gasteiger charge is -2.27. The number of nitrogens with zero attached hydrogens (tertiary/aromatic N) is 2. The predicted octanol–water partition coefficient (Wildman–Crippen LogP) is 2.58. The molecule has 1 N–H and O–H groups in total. The van der Waals surface area contributed by atoms with Gasteiger partial charge in [0.1, 0.15) is 0 Å². The Hall–Kier alpha value is -0.480. The van der Waals surface area contributed by atoms with Crippen molar-refractivity contribution >= 4 is 11.8 Å². The fourth-order valence-corrected chi connectivity index (χ4v) is 3.08. The van der Waals surface area contributed by atoms with Gasteiger partial charge in [-0.1, -0.05) is 0 Å². The van der Waals surface area contributed by atoms with Crippen LogP contribution >= 0.6 is 11.8 Å². The largest absolute Gasteiger partial charge is 0.299 e. The van der Waals surface area contributed by atoms with Crippen LogP contribution in [0.4, 0.5) is 0 Å². The smallest absolute Gasteiger partial charge is 0.0822 e. The van der Waals surface area contributed by atoms with Crippen LogP contribution in [-0.2, 0) is 0 Å². The van der Waals surface area contributed by atoms with Crippen LogP contribution in [0.25, 0.3) is 0 Å². The standard InChI is InChI=1S/C11H19N3S/c1-8(2)14-7-10(6-12-14)11-13-9(3)4-5-15-11/h6-9,11,13H,4-5H2,1-3H3. The SMILES string of the molecule is CC1CCSC(c2cnn(C(C)C)c2)N1. The molecule has 1 aromatic rings. The van der Waals surface area contributed by atoms with Gasteiger partial charge in [0.05, 0.1) is 11.6 Å². The van der Waals surface area contributed by atoms with Crippen LogP contribution in [0.3, 0.4) is 0 Å². The molecule has 0 aromatic carbocycles. The molecular weight excluding hydrogens is 206 g/mol. The minimum absolute atomic E-state index is 0.432. The van der Waals surface area contributed by atoms with E-state index in [1.54, 1.807) is 0 Å². The van der Waals surface area contributed by atoms with Crippen LogP contribution in [-0.4, -0.2) is 21.6 Å². The van der Waals surface area contributed by atoms with Gasteiger partial charge in [-0.25, -0.2) is 0 Å². The first-order valence-corrected chi connectivity index (χ1v) is 6.63. The number of hydrogen-bond donors (Lipinski definition) is 1. The Morgan fingerprint density at radius 1 is 1.60 bits per heavy atom. The fraction of sp³-hybridized carbons (Fsp3) is 0.727. The molecule has 84 valence electrons. The summed E-state index contributed by atoms with van der Waals surface area (Å²) in [5, 5.41) is 8.41. The maximum absolute atomic E-state index is 4.38. The molecule has 0 aliphatic carbocycles. The topological polar surface area (TPSA) is 29.9 Å². The third kappa shape index (κ3) is 2.55. The molecule has 0 spiro atoms. The van der Waals surface area contributed by atoms with Crippen LogP contribution in [0.5, 0.6) is 0 Å². The van der Waals surface area contributed by atoms with Crippen molar-refractivity contribution in [2.45, 2.75) is 44.6 Å². The van der Waals surface area contributed by atoms with Gasteiger partial charge in [0.2, 0.25) is 0 Å². The third-order valence-corrected chi connectivity index (χ3v) is 3.94. The maximum Gasteiger partial charge on any atom is 0.0822 e. The van der Waals surface area contributed by atoms with Crippen LogP contribution in [0.2, 0.25) is 0 Å². The van der Waals surface area contributed by atoms with Crippen LogP contribution in [0, 0.1) is 0 Å². The number of thioether (sulfide) groups is 1. The molecule has 2 heterocycles. The fourth-order valence-electron chi connectivity index (χ4n) is 1.72. The Bertz CT molecular complexity index is 321. The van der Waals surface area contributed by atoms with Gasteiger partial charge >= 0.3 is 0 Å². The van der Waals surface area contributed by atoms with E-state index in [1.807, 2.05) is 22.6 Å². The molecule has 1 aromatic heterocycles. The van der Waals surface area contributed by atoms with E-state index < -0.39 is 0 Å². The van der Waals surface area contributed by atoms with Crippen molar-refractivity contribution in [3.63, 3.8) is 0 Å². The summed E-state index contributed by atoms with van der Waals surface area (Å²) in [4.78, 5) is 0. The minimum Gasteiger partial charge on any atom is -0.299 e. The summed E-state index contributed by atoms with van der Waals surface area (Å²) in [6.45, 7) is 6.56. The zero-order valence-electron chi connectivity index (χ0n) is 9.60. The highest BCUT2D eigenvalue weighted by Gasteiger charge is 2.21. The molecule has 15 heavy (non-hydrogen) atoms. The van der Waals surface area contributed by atoms with Gasteiger partial charge in [-0.05, 0) is 32.9 Å². The summed E-state index contributed by atoms with van der Waals surface area (Å²) in [6, 6.07) is 1.07. The lowest BCUT2D eigenvalue weighted by molar-refractivity contribution is 0.508. The molecule has 2 unspecified atom stereocenters. The average Bonchev–Trinajstić information content (AvgIpc) is 2.66. The molecule has 2 rings (SSSR count). The van der Waals surface area contributed by atoms with Crippen molar-refractivity contribution < 1.29 is 0 Å². The Kier molecular flexibility index (Phi) is 3.36. The van der Waals surface area contributed by atoms with Crippen LogP contribution in [0.15, 0.2) is 12.4 Å². The zero-order chi connectivity index (χ0) is 10.8. The Labute approximate surface area is 95.6 Å². The second-order valence-corrected chi connectivity index (χ2v) is 5.67. The highest BCUT2D eigenvalue weighted by molar-refractivity contribution is 7.99. The van der Waals surface area contributed by atoms with Gasteiger partial charge in [-0.2, -0.15) is 5.10 Å². The van der Waals surface area contributed by atoms with Crippen molar-refractivity contribution in [1.82, 2.24) is 15.1 Å². The normalized spacial score (nSPS) is 27.2. The monoisotopic (exact) mass is 225 g/mol. The second kappa shape index (κ2) is 4.58. The van der Waals surface area contributed by atoms with Crippen molar-refractivity contribution in [2.75, 3.05) is 5.75 Å². The Morgan fingerprint density at radius 2 is 2.40 bits per heavy atom. The van der Waals surface area contributed by atoms with E-state index in [4.69, 9.17) is 0 Å². The first kappa shape index (κ1) is 11.0. The van der Waals surface area contributed by atoms with Crippen molar-refractivity contribution in [3.8, 4) is 0 Å². The summed E-state index contributed by atoms with van der Waals surface area (Å²) >= 11 is 1.98. The molecule has 0 bridgehead atoms. The molecule has 0 amide bonds. The third-order valence-electron chi connectivity index (χ3n) is 2.72. The van der Waals surface area contributed by atoms with Crippen molar-refractivity contribution in [2.24, 2.45) is 0 Å². The summed E-state index contributed by atoms with van der Waals surface area (Å²) in [6.07, 6.45) is 5.41. The quantitative estimate of drug-likeness (QED) is 0.839. The second-order valence-electron chi connectivity index (χ2n) is 4.45. The van der Waals surface area contributed by atoms with Crippen molar-refractivity contribution in [1.29, 1.82) is 0 Å². The Balaban J connectivity index is 2.08. The lowest BCUT2D eigenvalue weighted by atomic mass is 10.2. The first-order chi connectivity index (χ1) is 7.16. The van der Waals surface area contributed by atoms with E-state index in [0.29, 0.717) is 17.5 Å². The average molecular weight is 225 g/mol. The zero-order valence-corrected chi connectivity index (χ0v) is 10.4. The molecule has 4 heteroatoms. The molecule has 1 aliphatic heterocycles. The molecule has 1 aliphatic rings. The summed E-state index contributed by atoms with van der Waals surface area (Å²) in [5.41, 5.74) is 1.31. The highest BCUT2D eigenvalue weighted by Crippen LogP contribution is 2.31. The number of rotatable bonds is 2. The molecule has 1 saturated heterocycles. The van der Waals surface area contributed by atoms with Crippen LogP contribution < -0.4 is 5.32 Å². The molecule has 3 nitrogen and oxygen atoms in total. The number of nitrogens with one attached hydrogen (secondary N) is 1. The van der Waals surface area contributed by atoms with E-state index in [1.165, 1.54) is 17.7 Å². The summed E-state index contributed by atoms with van der Waals surface area (Å²) in [5.74, 6) is 1.24. The first-order valence-electron chi connectivity index (χ1n) is 5.58.